The predicted octanol–water partition coefficient (Wildman–Crippen LogP) is 4.50. The molecule has 8 rings (SSSR count). The molecule has 0 unspecified atom stereocenters. The summed E-state index contributed by atoms with van der Waals surface area (Å²) in [7, 11) is 1.57. The van der Waals surface area contributed by atoms with E-state index in [1.807, 2.05) is 48.5 Å². The number of carbonyl (C=O) groups is 3. The molecule has 1 aliphatic heterocycles. The third-order valence-electron chi connectivity index (χ3n) is 8.98. The summed E-state index contributed by atoms with van der Waals surface area (Å²) in [6.45, 7) is 0. The maximum Gasteiger partial charge on any atom is 0.293 e. The molecule has 0 aromatic heterocycles. The summed E-state index contributed by atoms with van der Waals surface area (Å²) in [4.78, 5) is 54.0. The molecule has 3 aliphatic carbocycles. The van der Waals surface area contributed by atoms with E-state index in [0.29, 0.717) is 5.75 Å². The monoisotopic (exact) mass is 586 g/mol. The number of ether oxygens (including phenoxy) is 1. The van der Waals surface area contributed by atoms with Crippen molar-refractivity contribution in [3.63, 3.8) is 0 Å². The zero-order valence-electron chi connectivity index (χ0n) is 23.5. The third kappa shape index (κ3) is 3.87. The molecule has 0 saturated carbocycles. The summed E-state index contributed by atoms with van der Waals surface area (Å²) in [6.07, 6.45) is 1.64. The maximum absolute atomic E-state index is 14.5. The molecule has 1 saturated heterocycles. The molecule has 10 heteroatoms. The molecular formula is C34H26N4O6. The molecule has 2 atom stereocenters. The second-order valence-corrected chi connectivity index (χ2v) is 11.1. The average molecular weight is 587 g/mol. The van der Waals surface area contributed by atoms with E-state index in [0.717, 1.165) is 32.7 Å². The first-order valence-electron chi connectivity index (χ1n) is 14.1. The van der Waals surface area contributed by atoms with Crippen LogP contribution in [0.15, 0.2) is 102 Å². The zero-order chi connectivity index (χ0) is 30.6. The first-order chi connectivity index (χ1) is 21.4. The Bertz CT molecular complexity index is 1840. The van der Waals surface area contributed by atoms with Crippen LogP contribution in [0.5, 0.6) is 5.75 Å². The second-order valence-electron chi connectivity index (χ2n) is 11.1. The fraction of sp³-hybridized carbons (Fsp3) is 0.176. The molecule has 218 valence electrons. The molecule has 4 aromatic carbocycles. The Morgan fingerprint density at radius 3 is 2.18 bits per heavy atom. The van der Waals surface area contributed by atoms with E-state index in [2.05, 4.69) is 10.5 Å². The zero-order valence-corrected chi connectivity index (χ0v) is 23.5. The lowest BCUT2D eigenvalue weighted by Gasteiger charge is -2.52. The molecule has 10 nitrogen and oxygen atoms in total. The van der Waals surface area contributed by atoms with Crippen molar-refractivity contribution in [1.82, 2.24) is 5.43 Å². The number of nitro benzene ring substituents is 1. The molecule has 4 aliphatic rings. The molecular weight excluding hydrogens is 560 g/mol. The first-order valence-corrected chi connectivity index (χ1v) is 14.1. The van der Waals surface area contributed by atoms with Crippen LogP contribution in [0.2, 0.25) is 0 Å². The van der Waals surface area contributed by atoms with Gasteiger partial charge in [-0.05, 0) is 46.0 Å². The Labute approximate surface area is 252 Å². The fourth-order valence-corrected chi connectivity index (χ4v) is 7.27. The van der Waals surface area contributed by atoms with Crippen molar-refractivity contribution < 1.29 is 24.0 Å². The number of nitro groups is 1. The van der Waals surface area contributed by atoms with Gasteiger partial charge in [-0.15, -0.1) is 0 Å². The van der Waals surface area contributed by atoms with Crippen LogP contribution in [0.4, 0.5) is 11.4 Å². The Morgan fingerprint density at radius 1 is 0.932 bits per heavy atom. The van der Waals surface area contributed by atoms with Gasteiger partial charge < -0.3 is 4.74 Å². The summed E-state index contributed by atoms with van der Waals surface area (Å²) in [5.41, 5.74) is 5.16. The van der Waals surface area contributed by atoms with Gasteiger partial charge in [0.2, 0.25) is 17.7 Å². The van der Waals surface area contributed by atoms with Gasteiger partial charge in [-0.25, -0.2) is 10.3 Å². The van der Waals surface area contributed by atoms with Crippen molar-refractivity contribution in [3.05, 3.63) is 135 Å². The van der Waals surface area contributed by atoms with Gasteiger partial charge in [-0.3, -0.25) is 24.5 Å². The SMILES string of the molecule is COc1ccc(CC(=O)N/N=C\C23c4ccccc4C(c4ccccc42)[C@@H]2C(=O)N(c4ccccc4[N+](=O)[O-])C(=O)[C@H]23)cc1. The molecule has 1 heterocycles. The predicted molar refractivity (Wildman–Crippen MR) is 161 cm³/mol. The van der Waals surface area contributed by atoms with E-state index in [1.165, 1.54) is 18.2 Å². The van der Waals surface area contributed by atoms with Crippen molar-refractivity contribution in [2.45, 2.75) is 17.8 Å². The lowest BCUT2D eigenvalue weighted by molar-refractivity contribution is -0.384. The van der Waals surface area contributed by atoms with Crippen LogP contribution in [0, 0.1) is 22.0 Å². The van der Waals surface area contributed by atoms with Gasteiger partial charge in [0.15, 0.2) is 0 Å². The largest absolute Gasteiger partial charge is 0.497 e. The van der Waals surface area contributed by atoms with Crippen molar-refractivity contribution >= 4 is 35.3 Å². The number of hydrazone groups is 1. The lowest BCUT2D eigenvalue weighted by Crippen LogP contribution is -2.54. The van der Waals surface area contributed by atoms with Gasteiger partial charge in [-0.1, -0.05) is 72.8 Å². The number of carbonyl (C=O) groups excluding carboxylic acids is 3. The average Bonchev–Trinajstić information content (AvgIpc) is 3.31. The van der Waals surface area contributed by atoms with Crippen LogP contribution < -0.4 is 15.1 Å². The minimum Gasteiger partial charge on any atom is -0.497 e. The standard InChI is InChI=1S/C34H26N4O6/c1-44-21-16-14-20(15-17-21)18-28(39)36-35-19-34-24-10-4-2-8-22(24)29(23-9-3-5-11-25(23)34)30-31(34)33(41)37(32(30)40)26-12-6-7-13-27(26)38(42)43/h2-17,19,29-31H,18H2,1H3,(H,36,39)/b35-19-/t29?,30-,31-,34?/m0/s1. The molecule has 1 fully saturated rings. The van der Waals surface area contributed by atoms with Crippen molar-refractivity contribution in [3.8, 4) is 5.75 Å². The van der Waals surface area contributed by atoms with Gasteiger partial charge in [0, 0.05) is 18.2 Å². The smallest absolute Gasteiger partial charge is 0.293 e. The number of nitrogens with one attached hydrogen (secondary N) is 1. The van der Waals surface area contributed by atoms with Crippen molar-refractivity contribution in [2.75, 3.05) is 12.0 Å². The van der Waals surface area contributed by atoms with E-state index in [4.69, 9.17) is 4.74 Å². The fourth-order valence-electron chi connectivity index (χ4n) is 7.27. The van der Waals surface area contributed by atoms with E-state index in [-0.39, 0.29) is 23.7 Å². The number of hydrogen-bond donors (Lipinski definition) is 1. The maximum atomic E-state index is 14.5. The Balaban J connectivity index is 1.34. The Morgan fingerprint density at radius 2 is 1.55 bits per heavy atom. The summed E-state index contributed by atoms with van der Waals surface area (Å²) in [5.74, 6) is -2.92. The number of anilines is 1. The molecule has 4 aromatic rings. The van der Waals surface area contributed by atoms with Crippen molar-refractivity contribution in [1.29, 1.82) is 0 Å². The summed E-state index contributed by atoms with van der Waals surface area (Å²) >= 11 is 0. The highest BCUT2D eigenvalue weighted by molar-refractivity contribution is 6.25. The number of imide groups is 1. The molecule has 44 heavy (non-hydrogen) atoms. The minimum atomic E-state index is -1.22. The minimum absolute atomic E-state index is 0.0608. The quantitative estimate of drug-likeness (QED) is 0.147. The highest BCUT2D eigenvalue weighted by Crippen LogP contribution is 2.63. The highest BCUT2D eigenvalue weighted by atomic mass is 16.6. The summed E-state index contributed by atoms with van der Waals surface area (Å²) in [5, 5.41) is 16.3. The third-order valence-corrected chi connectivity index (χ3v) is 8.98. The van der Waals surface area contributed by atoms with E-state index in [9.17, 15) is 24.5 Å². The van der Waals surface area contributed by atoms with Crippen LogP contribution in [0.3, 0.4) is 0 Å². The number of rotatable bonds is 7. The molecule has 1 N–H and O–H groups in total. The van der Waals surface area contributed by atoms with Gasteiger partial charge in [0.1, 0.15) is 11.4 Å². The van der Waals surface area contributed by atoms with Crippen LogP contribution in [0.1, 0.15) is 33.7 Å². The molecule has 2 bridgehead atoms. The number of benzene rings is 4. The highest BCUT2D eigenvalue weighted by Gasteiger charge is 2.68. The van der Waals surface area contributed by atoms with Gasteiger partial charge in [-0.2, -0.15) is 5.10 Å². The van der Waals surface area contributed by atoms with Crippen LogP contribution in [-0.4, -0.2) is 36.0 Å². The molecule has 0 radical (unpaired) electrons. The Hall–Kier alpha value is -5.64. The summed E-state index contributed by atoms with van der Waals surface area (Å²) < 4.78 is 5.18. The summed E-state index contributed by atoms with van der Waals surface area (Å²) in [6, 6.07) is 28.2. The topological polar surface area (TPSA) is 131 Å². The van der Waals surface area contributed by atoms with E-state index < -0.39 is 39.9 Å². The van der Waals surface area contributed by atoms with E-state index in [1.54, 1.807) is 43.7 Å². The van der Waals surface area contributed by atoms with Crippen LogP contribution in [-0.2, 0) is 26.2 Å². The molecule has 3 amide bonds. The van der Waals surface area contributed by atoms with E-state index >= 15 is 0 Å². The van der Waals surface area contributed by atoms with Crippen LogP contribution >= 0.6 is 0 Å². The van der Waals surface area contributed by atoms with Gasteiger partial charge in [0.05, 0.1) is 35.7 Å². The van der Waals surface area contributed by atoms with Gasteiger partial charge >= 0.3 is 0 Å². The number of amides is 3. The van der Waals surface area contributed by atoms with Gasteiger partial charge in [0.25, 0.3) is 5.69 Å². The first kappa shape index (κ1) is 27.2. The number of para-hydroxylation sites is 2. The normalized spacial score (nSPS) is 22.8. The number of hydrogen-bond acceptors (Lipinski definition) is 7. The lowest BCUT2D eigenvalue weighted by atomic mass is 9.47. The van der Waals surface area contributed by atoms with Crippen molar-refractivity contribution in [2.24, 2.45) is 16.9 Å². The number of methoxy groups -OCH3 is 1. The number of nitrogens with zero attached hydrogens (tertiary/aromatic N) is 3. The Kier molecular flexibility index (Phi) is 6.35. The molecule has 0 spiro atoms. The van der Waals surface area contributed by atoms with Crippen LogP contribution in [0.25, 0.3) is 0 Å². The second kappa shape index (κ2) is 10.3.